The van der Waals surface area contributed by atoms with Crippen molar-refractivity contribution in [3.63, 3.8) is 0 Å². The quantitative estimate of drug-likeness (QED) is 0.862. The molecule has 6 heteroatoms. The minimum absolute atomic E-state index is 0.172. The Hall–Kier alpha value is -1.82. The molecule has 0 bridgehead atoms. The van der Waals surface area contributed by atoms with E-state index in [4.69, 9.17) is 0 Å². The molecule has 0 aliphatic carbocycles. The fraction of sp³-hybridized carbons (Fsp3) is 0.182. The van der Waals surface area contributed by atoms with E-state index in [1.54, 1.807) is 19.1 Å². The monoisotopic (exact) mass is 252 g/mol. The average molecular weight is 252 g/mol. The van der Waals surface area contributed by atoms with Crippen LogP contribution in [0.3, 0.4) is 0 Å². The Labute approximate surface area is 98.6 Å². The van der Waals surface area contributed by atoms with E-state index < -0.39 is 9.84 Å². The molecular weight excluding hydrogens is 240 g/mol. The Balaban J connectivity index is 2.50. The predicted octanol–water partition coefficient (Wildman–Crippen LogP) is 0.878. The van der Waals surface area contributed by atoms with Crippen molar-refractivity contribution < 1.29 is 8.42 Å². The van der Waals surface area contributed by atoms with Crippen molar-refractivity contribution in [2.24, 2.45) is 0 Å². The van der Waals surface area contributed by atoms with Crippen molar-refractivity contribution in [3.05, 3.63) is 46.4 Å². The van der Waals surface area contributed by atoms with Gasteiger partial charge in [0.05, 0.1) is 10.6 Å². The lowest BCUT2D eigenvalue weighted by atomic mass is 10.3. The van der Waals surface area contributed by atoms with Gasteiger partial charge in [0, 0.05) is 18.0 Å². The molecule has 90 valence electrons. The zero-order chi connectivity index (χ0) is 12.6. The Morgan fingerprint density at radius 2 is 1.76 bits per heavy atom. The second-order valence-corrected chi connectivity index (χ2v) is 5.89. The van der Waals surface area contributed by atoms with Gasteiger partial charge in [0.15, 0.2) is 9.84 Å². The lowest BCUT2D eigenvalue weighted by Crippen LogP contribution is -2.13. The smallest absolute Gasteiger partial charge is 0.271 e. The molecule has 0 saturated heterocycles. The number of aromatic amines is 1. The van der Waals surface area contributed by atoms with Crippen LogP contribution in [-0.4, -0.2) is 24.5 Å². The van der Waals surface area contributed by atoms with Crippen molar-refractivity contribution in [1.82, 2.24) is 9.78 Å². The fourth-order valence-electron chi connectivity index (χ4n) is 1.55. The van der Waals surface area contributed by atoms with E-state index in [9.17, 15) is 13.2 Å². The standard InChI is InChI=1S/C11H12N2O3S/c1-8-7-11(14)13(12-8)9-3-5-10(6-4-9)17(2,15)16/h3-7,12H,1-2H3. The van der Waals surface area contributed by atoms with Crippen LogP contribution in [0.1, 0.15) is 5.69 Å². The molecule has 0 spiro atoms. The Morgan fingerprint density at radius 3 is 2.18 bits per heavy atom. The molecule has 0 radical (unpaired) electrons. The van der Waals surface area contributed by atoms with Crippen LogP contribution in [0.25, 0.3) is 5.69 Å². The molecule has 2 aromatic rings. The molecule has 2 rings (SSSR count). The highest BCUT2D eigenvalue weighted by Gasteiger charge is 2.07. The maximum Gasteiger partial charge on any atom is 0.271 e. The molecule has 0 fully saturated rings. The van der Waals surface area contributed by atoms with Gasteiger partial charge in [-0.2, -0.15) is 0 Å². The zero-order valence-electron chi connectivity index (χ0n) is 9.47. The summed E-state index contributed by atoms with van der Waals surface area (Å²) in [6, 6.07) is 7.62. The van der Waals surface area contributed by atoms with Gasteiger partial charge in [-0.05, 0) is 31.2 Å². The summed E-state index contributed by atoms with van der Waals surface area (Å²) in [7, 11) is -3.20. The molecule has 0 aliphatic heterocycles. The summed E-state index contributed by atoms with van der Waals surface area (Å²) in [5, 5.41) is 2.87. The van der Waals surface area contributed by atoms with Crippen LogP contribution in [0.4, 0.5) is 0 Å². The van der Waals surface area contributed by atoms with Gasteiger partial charge in [-0.15, -0.1) is 0 Å². The summed E-state index contributed by atoms with van der Waals surface area (Å²) in [6.45, 7) is 1.78. The first kappa shape index (κ1) is 11.7. The van der Waals surface area contributed by atoms with Crippen LogP contribution >= 0.6 is 0 Å². The van der Waals surface area contributed by atoms with E-state index in [1.807, 2.05) is 0 Å². The minimum atomic E-state index is -3.20. The van der Waals surface area contributed by atoms with Crippen molar-refractivity contribution in [3.8, 4) is 5.69 Å². The molecule has 5 nitrogen and oxygen atoms in total. The third-order valence-corrected chi connectivity index (χ3v) is 3.50. The second kappa shape index (κ2) is 3.89. The van der Waals surface area contributed by atoms with E-state index in [0.29, 0.717) is 5.69 Å². The number of sulfone groups is 1. The maximum atomic E-state index is 11.5. The number of hydrogen-bond donors (Lipinski definition) is 1. The van der Waals surface area contributed by atoms with Crippen molar-refractivity contribution in [2.45, 2.75) is 11.8 Å². The molecule has 1 aromatic carbocycles. The van der Waals surface area contributed by atoms with Gasteiger partial charge in [0.1, 0.15) is 0 Å². The summed E-state index contributed by atoms with van der Waals surface area (Å²) < 4.78 is 23.9. The first-order valence-electron chi connectivity index (χ1n) is 4.97. The van der Waals surface area contributed by atoms with Gasteiger partial charge in [-0.25, -0.2) is 13.1 Å². The summed E-state index contributed by atoms with van der Waals surface area (Å²) in [4.78, 5) is 11.8. The van der Waals surface area contributed by atoms with Gasteiger partial charge in [-0.3, -0.25) is 9.89 Å². The fourth-order valence-corrected chi connectivity index (χ4v) is 2.18. The number of nitrogens with zero attached hydrogens (tertiary/aromatic N) is 1. The molecule has 1 aromatic heterocycles. The highest BCUT2D eigenvalue weighted by Crippen LogP contribution is 2.12. The lowest BCUT2D eigenvalue weighted by molar-refractivity contribution is 0.602. The number of H-pyrrole nitrogens is 1. The number of rotatable bonds is 2. The first-order chi connectivity index (χ1) is 7.88. The van der Waals surface area contributed by atoms with Crippen LogP contribution in [0.15, 0.2) is 40.0 Å². The molecule has 1 N–H and O–H groups in total. The molecule has 0 amide bonds. The van der Waals surface area contributed by atoms with Gasteiger partial charge < -0.3 is 0 Å². The number of nitrogens with one attached hydrogen (secondary N) is 1. The maximum absolute atomic E-state index is 11.5. The third kappa shape index (κ3) is 2.31. The van der Waals surface area contributed by atoms with E-state index >= 15 is 0 Å². The summed E-state index contributed by atoms with van der Waals surface area (Å²) in [6.07, 6.45) is 1.15. The minimum Gasteiger partial charge on any atom is -0.295 e. The third-order valence-electron chi connectivity index (χ3n) is 2.37. The SMILES string of the molecule is Cc1cc(=O)n(-c2ccc(S(C)(=O)=O)cc2)[nH]1. The summed E-state index contributed by atoms with van der Waals surface area (Å²) >= 11 is 0. The van der Waals surface area contributed by atoms with Crippen LogP contribution in [-0.2, 0) is 9.84 Å². The van der Waals surface area contributed by atoms with E-state index in [2.05, 4.69) is 5.10 Å². The van der Waals surface area contributed by atoms with Crippen molar-refractivity contribution in [1.29, 1.82) is 0 Å². The summed E-state index contributed by atoms with van der Waals surface area (Å²) in [5.41, 5.74) is 1.19. The predicted molar refractivity (Wildman–Crippen MR) is 64.2 cm³/mol. The largest absolute Gasteiger partial charge is 0.295 e. The first-order valence-corrected chi connectivity index (χ1v) is 6.86. The Morgan fingerprint density at radius 1 is 1.18 bits per heavy atom. The molecule has 0 unspecified atom stereocenters. The molecular formula is C11H12N2O3S. The van der Waals surface area contributed by atoms with Crippen LogP contribution < -0.4 is 5.56 Å². The molecule has 0 aliphatic rings. The molecule has 17 heavy (non-hydrogen) atoms. The van der Waals surface area contributed by atoms with Crippen LogP contribution in [0.5, 0.6) is 0 Å². The normalized spacial score (nSPS) is 11.6. The zero-order valence-corrected chi connectivity index (χ0v) is 10.3. The molecule has 0 atom stereocenters. The van der Waals surface area contributed by atoms with E-state index in [0.717, 1.165) is 11.9 Å². The lowest BCUT2D eigenvalue weighted by Gasteiger charge is -2.03. The van der Waals surface area contributed by atoms with Crippen molar-refractivity contribution in [2.75, 3.05) is 6.26 Å². The van der Waals surface area contributed by atoms with Gasteiger partial charge in [0.2, 0.25) is 0 Å². The van der Waals surface area contributed by atoms with Gasteiger partial charge >= 0.3 is 0 Å². The number of hydrogen-bond acceptors (Lipinski definition) is 3. The topological polar surface area (TPSA) is 71.9 Å². The number of aromatic nitrogens is 2. The van der Waals surface area contributed by atoms with Crippen molar-refractivity contribution >= 4 is 9.84 Å². The molecule has 0 saturated carbocycles. The van der Waals surface area contributed by atoms with Gasteiger partial charge in [0.25, 0.3) is 5.56 Å². The van der Waals surface area contributed by atoms with Crippen LogP contribution in [0, 0.1) is 6.92 Å². The number of benzene rings is 1. The number of aryl methyl sites for hydroxylation is 1. The summed E-state index contributed by atoms with van der Waals surface area (Å²) in [5.74, 6) is 0. The van der Waals surface area contributed by atoms with Gasteiger partial charge in [-0.1, -0.05) is 0 Å². The van der Waals surface area contributed by atoms with E-state index in [1.165, 1.54) is 22.9 Å². The molecule has 1 heterocycles. The van der Waals surface area contributed by atoms with E-state index in [-0.39, 0.29) is 10.5 Å². The highest BCUT2D eigenvalue weighted by atomic mass is 32.2. The highest BCUT2D eigenvalue weighted by molar-refractivity contribution is 7.90. The Bertz CT molecular complexity index is 693. The Kier molecular flexibility index (Phi) is 2.66. The second-order valence-electron chi connectivity index (χ2n) is 3.88. The average Bonchev–Trinajstić information content (AvgIpc) is 2.57. The van der Waals surface area contributed by atoms with Crippen LogP contribution in [0.2, 0.25) is 0 Å².